The van der Waals surface area contributed by atoms with E-state index in [2.05, 4.69) is 41.3 Å². The highest BCUT2D eigenvalue weighted by atomic mass is 127. The molecule has 1 atom stereocenters. The van der Waals surface area contributed by atoms with Crippen LogP contribution in [0.3, 0.4) is 0 Å². The molecule has 0 spiro atoms. The maximum atomic E-state index is 5.85. The zero-order valence-corrected chi connectivity index (χ0v) is 18.6. The molecule has 1 unspecified atom stereocenters. The van der Waals surface area contributed by atoms with Crippen molar-refractivity contribution in [3.8, 4) is 0 Å². The number of nitrogens with one attached hydrogen (secondary N) is 2. The summed E-state index contributed by atoms with van der Waals surface area (Å²) in [6, 6.07) is 0. The fourth-order valence-electron chi connectivity index (χ4n) is 2.59. The van der Waals surface area contributed by atoms with Crippen molar-refractivity contribution in [3.05, 3.63) is 0 Å². The Morgan fingerprint density at radius 1 is 1.28 bits per heavy atom. The van der Waals surface area contributed by atoms with Crippen molar-refractivity contribution < 1.29 is 14.2 Å². The fourth-order valence-corrected chi connectivity index (χ4v) is 2.59. The van der Waals surface area contributed by atoms with E-state index >= 15 is 0 Å². The Morgan fingerprint density at radius 2 is 2.08 bits per heavy atom. The van der Waals surface area contributed by atoms with Gasteiger partial charge in [0.1, 0.15) is 0 Å². The van der Waals surface area contributed by atoms with Gasteiger partial charge in [-0.15, -0.1) is 24.0 Å². The number of halogens is 1. The first-order valence-corrected chi connectivity index (χ1v) is 9.08. The van der Waals surface area contributed by atoms with Crippen molar-refractivity contribution in [2.45, 2.75) is 26.9 Å². The van der Waals surface area contributed by atoms with Crippen LogP contribution >= 0.6 is 24.0 Å². The summed E-state index contributed by atoms with van der Waals surface area (Å²) in [7, 11) is 1.67. The summed E-state index contributed by atoms with van der Waals surface area (Å²) in [5, 5.41) is 6.54. The van der Waals surface area contributed by atoms with Crippen molar-refractivity contribution in [3.63, 3.8) is 0 Å². The first-order valence-electron chi connectivity index (χ1n) is 9.08. The molecule has 1 aliphatic rings. The number of methoxy groups -OCH3 is 1. The Balaban J connectivity index is 0.00000576. The molecule has 0 aromatic carbocycles. The van der Waals surface area contributed by atoms with Crippen molar-refractivity contribution in [2.24, 2.45) is 10.9 Å². The Labute approximate surface area is 170 Å². The van der Waals surface area contributed by atoms with E-state index in [1.54, 1.807) is 7.11 Å². The number of nitrogens with zero attached hydrogens (tertiary/aromatic N) is 2. The van der Waals surface area contributed by atoms with Gasteiger partial charge in [-0.1, -0.05) is 13.8 Å². The molecule has 1 heterocycles. The molecular formula is C17H37IN4O3. The van der Waals surface area contributed by atoms with Gasteiger partial charge < -0.3 is 24.8 Å². The Kier molecular flexibility index (Phi) is 15.9. The average Bonchev–Trinajstić information content (AvgIpc) is 2.55. The maximum absolute atomic E-state index is 5.85. The average molecular weight is 472 g/mol. The number of rotatable bonds is 11. The van der Waals surface area contributed by atoms with E-state index in [0.717, 1.165) is 45.3 Å². The van der Waals surface area contributed by atoms with Gasteiger partial charge in [-0.05, 0) is 12.8 Å². The summed E-state index contributed by atoms with van der Waals surface area (Å²) in [4.78, 5) is 7.12. The summed E-state index contributed by atoms with van der Waals surface area (Å²) in [6.07, 6.45) is 0.172. The summed E-state index contributed by atoms with van der Waals surface area (Å²) in [6.45, 7) is 14.6. The molecular weight excluding hydrogens is 435 g/mol. The molecule has 0 bridgehead atoms. The highest BCUT2D eigenvalue weighted by Crippen LogP contribution is 2.08. The summed E-state index contributed by atoms with van der Waals surface area (Å²) < 4.78 is 16.2. The molecule has 0 saturated carbocycles. The van der Waals surface area contributed by atoms with Gasteiger partial charge in [-0.2, -0.15) is 0 Å². The van der Waals surface area contributed by atoms with Crippen LogP contribution in [0.15, 0.2) is 4.99 Å². The minimum Gasteiger partial charge on any atom is -0.382 e. The summed E-state index contributed by atoms with van der Waals surface area (Å²) in [5.41, 5.74) is 0. The van der Waals surface area contributed by atoms with Crippen LogP contribution in [0.5, 0.6) is 0 Å². The molecule has 0 aliphatic carbocycles. The fraction of sp³-hybridized carbons (Fsp3) is 0.941. The molecule has 1 saturated heterocycles. The van der Waals surface area contributed by atoms with Gasteiger partial charge in [0, 0.05) is 39.8 Å². The van der Waals surface area contributed by atoms with Crippen LogP contribution in [0.25, 0.3) is 0 Å². The second-order valence-corrected chi connectivity index (χ2v) is 6.40. The molecule has 25 heavy (non-hydrogen) atoms. The van der Waals surface area contributed by atoms with E-state index in [4.69, 9.17) is 14.2 Å². The van der Waals surface area contributed by atoms with Crippen LogP contribution in [-0.4, -0.2) is 89.8 Å². The van der Waals surface area contributed by atoms with Crippen molar-refractivity contribution in [1.82, 2.24) is 15.5 Å². The van der Waals surface area contributed by atoms with Crippen LogP contribution in [0, 0.1) is 5.92 Å². The van der Waals surface area contributed by atoms with Gasteiger partial charge in [-0.25, -0.2) is 0 Å². The number of aliphatic imine (C=N–C) groups is 1. The molecule has 7 nitrogen and oxygen atoms in total. The topological polar surface area (TPSA) is 67.4 Å². The third-order valence-corrected chi connectivity index (χ3v) is 3.61. The van der Waals surface area contributed by atoms with E-state index in [0.29, 0.717) is 32.3 Å². The van der Waals surface area contributed by atoms with Crippen LogP contribution in [0.2, 0.25) is 0 Å². The smallest absolute Gasteiger partial charge is 0.191 e. The van der Waals surface area contributed by atoms with Crippen LogP contribution in [-0.2, 0) is 14.2 Å². The van der Waals surface area contributed by atoms with E-state index in [1.165, 1.54) is 0 Å². The highest BCUT2D eigenvalue weighted by Gasteiger charge is 2.20. The molecule has 0 aromatic rings. The normalized spacial score (nSPS) is 18.9. The first-order chi connectivity index (χ1) is 11.7. The minimum absolute atomic E-state index is 0. The lowest BCUT2D eigenvalue weighted by Crippen LogP contribution is -2.46. The number of guanidine groups is 1. The quantitative estimate of drug-likeness (QED) is 0.204. The van der Waals surface area contributed by atoms with Gasteiger partial charge in [0.05, 0.1) is 39.1 Å². The lowest BCUT2D eigenvalue weighted by molar-refractivity contribution is -0.0261. The summed E-state index contributed by atoms with van der Waals surface area (Å²) >= 11 is 0. The van der Waals surface area contributed by atoms with Crippen LogP contribution in [0.1, 0.15) is 20.8 Å². The van der Waals surface area contributed by atoms with E-state index < -0.39 is 0 Å². The second-order valence-electron chi connectivity index (χ2n) is 6.40. The van der Waals surface area contributed by atoms with Gasteiger partial charge in [0.15, 0.2) is 5.96 Å². The van der Waals surface area contributed by atoms with Crippen molar-refractivity contribution in [2.75, 3.05) is 72.8 Å². The predicted octanol–water partition coefficient (Wildman–Crippen LogP) is 1.18. The molecule has 2 N–H and O–H groups in total. The predicted molar refractivity (Wildman–Crippen MR) is 113 cm³/mol. The Hall–Kier alpha value is -0.160. The minimum atomic E-state index is 0. The first kappa shape index (κ1) is 24.8. The lowest BCUT2D eigenvalue weighted by Gasteiger charge is -2.33. The molecule has 0 amide bonds. The molecule has 8 heteroatoms. The maximum Gasteiger partial charge on any atom is 0.191 e. The van der Waals surface area contributed by atoms with E-state index in [9.17, 15) is 0 Å². The molecule has 1 aliphatic heterocycles. The Bertz CT molecular complexity index is 346. The van der Waals surface area contributed by atoms with Crippen molar-refractivity contribution in [1.29, 1.82) is 0 Å². The SMILES string of the molecule is CCNC(=NCC1CN(CC(C)C)CCO1)NCCOCCOC.I. The van der Waals surface area contributed by atoms with Crippen LogP contribution in [0.4, 0.5) is 0 Å². The van der Waals surface area contributed by atoms with Gasteiger partial charge in [0.2, 0.25) is 0 Å². The molecule has 0 radical (unpaired) electrons. The van der Waals surface area contributed by atoms with E-state index in [1.807, 2.05) is 0 Å². The third-order valence-electron chi connectivity index (χ3n) is 3.61. The van der Waals surface area contributed by atoms with Gasteiger partial charge in [0.25, 0.3) is 0 Å². The third kappa shape index (κ3) is 12.8. The largest absolute Gasteiger partial charge is 0.382 e. The number of ether oxygens (including phenoxy) is 3. The van der Waals surface area contributed by atoms with Gasteiger partial charge in [-0.3, -0.25) is 9.89 Å². The molecule has 1 fully saturated rings. The number of hydrogen-bond acceptors (Lipinski definition) is 5. The zero-order valence-electron chi connectivity index (χ0n) is 16.3. The van der Waals surface area contributed by atoms with Gasteiger partial charge >= 0.3 is 0 Å². The molecule has 1 rings (SSSR count). The Morgan fingerprint density at radius 3 is 2.76 bits per heavy atom. The molecule has 0 aromatic heterocycles. The highest BCUT2D eigenvalue weighted by molar-refractivity contribution is 14.0. The monoisotopic (exact) mass is 472 g/mol. The standard InChI is InChI=1S/C17H36N4O3.HI/c1-5-18-17(19-6-8-23-11-10-22-4)20-12-16-14-21(7-9-24-16)13-15(2)3;/h15-16H,5-14H2,1-4H3,(H2,18,19,20);1H. The lowest BCUT2D eigenvalue weighted by atomic mass is 10.2. The number of morpholine rings is 1. The van der Waals surface area contributed by atoms with Crippen LogP contribution < -0.4 is 10.6 Å². The number of hydrogen-bond donors (Lipinski definition) is 2. The van der Waals surface area contributed by atoms with E-state index in [-0.39, 0.29) is 30.1 Å². The van der Waals surface area contributed by atoms with Crippen molar-refractivity contribution >= 4 is 29.9 Å². The summed E-state index contributed by atoms with van der Waals surface area (Å²) in [5.74, 6) is 1.50. The second kappa shape index (κ2) is 16.0. The molecule has 150 valence electrons. The zero-order chi connectivity index (χ0) is 17.6.